The third-order valence-corrected chi connectivity index (χ3v) is 3.85. The van der Waals surface area contributed by atoms with E-state index in [9.17, 15) is 4.79 Å². The van der Waals surface area contributed by atoms with Gasteiger partial charge in [0.1, 0.15) is 5.75 Å². The van der Waals surface area contributed by atoms with E-state index < -0.39 is 0 Å². The number of ether oxygens (including phenoxy) is 1. The summed E-state index contributed by atoms with van der Waals surface area (Å²) in [4.78, 5) is 14.1. The summed E-state index contributed by atoms with van der Waals surface area (Å²) < 4.78 is 5.18. The molecule has 6 nitrogen and oxygen atoms in total. The van der Waals surface area contributed by atoms with Crippen LogP contribution in [0.3, 0.4) is 0 Å². The Labute approximate surface area is 148 Å². The molecule has 130 valence electrons. The fourth-order valence-corrected chi connectivity index (χ4v) is 2.42. The highest BCUT2D eigenvalue weighted by Gasteiger charge is 2.15. The van der Waals surface area contributed by atoms with Crippen LogP contribution in [0.5, 0.6) is 5.75 Å². The summed E-state index contributed by atoms with van der Waals surface area (Å²) in [5.41, 5.74) is 2.28. The molecule has 2 amide bonds. The number of nitrogens with one attached hydrogen (secondary N) is 2. The van der Waals surface area contributed by atoms with Crippen molar-refractivity contribution in [3.05, 3.63) is 59.7 Å². The van der Waals surface area contributed by atoms with E-state index in [2.05, 4.69) is 10.6 Å². The second-order valence-electron chi connectivity index (χ2n) is 5.78. The maximum Gasteiger partial charge on any atom is 0.319 e. The van der Waals surface area contributed by atoms with E-state index in [1.807, 2.05) is 49.3 Å². The Morgan fingerprint density at radius 1 is 1.16 bits per heavy atom. The monoisotopic (exact) mass is 338 g/mol. The highest BCUT2D eigenvalue weighted by Crippen LogP contribution is 2.20. The number of anilines is 1. The molecular weight excluding hydrogens is 316 g/mol. The lowest BCUT2D eigenvalue weighted by molar-refractivity contribution is 0.243. The second kappa shape index (κ2) is 8.71. The zero-order valence-corrected chi connectivity index (χ0v) is 14.6. The van der Waals surface area contributed by atoms with Gasteiger partial charge < -0.3 is 20.3 Å². The van der Waals surface area contributed by atoms with E-state index in [1.165, 1.54) is 0 Å². The standard InChI is InChI=1S/C19H22N4O2/c1-23(2)18(15-6-10-17(25-3)11-7-15)13-21-19(24)22-16-8-4-14(12-20)5-9-16/h4-11,18H,13H2,1-3H3,(H2,21,22,24). The molecule has 2 rings (SSSR count). The average molecular weight is 338 g/mol. The zero-order valence-electron chi connectivity index (χ0n) is 14.6. The second-order valence-corrected chi connectivity index (χ2v) is 5.78. The Kier molecular flexibility index (Phi) is 6.38. The first kappa shape index (κ1) is 18.3. The summed E-state index contributed by atoms with van der Waals surface area (Å²) in [7, 11) is 5.57. The Morgan fingerprint density at radius 3 is 2.32 bits per heavy atom. The lowest BCUT2D eigenvalue weighted by Gasteiger charge is -2.25. The number of rotatable bonds is 6. The van der Waals surface area contributed by atoms with Gasteiger partial charge in [-0.1, -0.05) is 12.1 Å². The number of nitrogens with zero attached hydrogens (tertiary/aromatic N) is 2. The maximum atomic E-state index is 12.1. The first-order valence-corrected chi connectivity index (χ1v) is 7.89. The molecule has 0 aliphatic heterocycles. The predicted molar refractivity (Wildman–Crippen MR) is 97.6 cm³/mol. The first-order valence-electron chi connectivity index (χ1n) is 7.89. The summed E-state index contributed by atoms with van der Waals surface area (Å²) in [5.74, 6) is 0.799. The molecule has 1 unspecified atom stereocenters. The number of benzene rings is 2. The number of hydrogen-bond donors (Lipinski definition) is 2. The fourth-order valence-electron chi connectivity index (χ4n) is 2.42. The van der Waals surface area contributed by atoms with E-state index in [0.29, 0.717) is 17.8 Å². The largest absolute Gasteiger partial charge is 0.497 e. The molecule has 2 aromatic rings. The van der Waals surface area contributed by atoms with E-state index >= 15 is 0 Å². The lowest BCUT2D eigenvalue weighted by atomic mass is 10.1. The molecular formula is C19H22N4O2. The van der Waals surface area contributed by atoms with Crippen molar-refractivity contribution in [3.63, 3.8) is 0 Å². The number of urea groups is 1. The van der Waals surface area contributed by atoms with Gasteiger partial charge in [-0.15, -0.1) is 0 Å². The van der Waals surface area contributed by atoms with Gasteiger partial charge in [-0.2, -0.15) is 5.26 Å². The quantitative estimate of drug-likeness (QED) is 0.849. The Morgan fingerprint density at radius 2 is 1.80 bits per heavy atom. The van der Waals surface area contributed by atoms with Gasteiger partial charge in [0.15, 0.2) is 0 Å². The number of carbonyl (C=O) groups is 1. The Balaban J connectivity index is 1.95. The van der Waals surface area contributed by atoms with Crippen LogP contribution in [0.2, 0.25) is 0 Å². The third kappa shape index (κ3) is 5.23. The van der Waals surface area contributed by atoms with Gasteiger partial charge in [-0.05, 0) is 56.1 Å². The number of amides is 2. The van der Waals surface area contributed by atoms with Crippen molar-refractivity contribution in [3.8, 4) is 11.8 Å². The molecule has 0 heterocycles. The van der Waals surface area contributed by atoms with Crippen LogP contribution in [0, 0.1) is 11.3 Å². The van der Waals surface area contributed by atoms with Crippen LogP contribution in [0.4, 0.5) is 10.5 Å². The number of nitriles is 1. The molecule has 25 heavy (non-hydrogen) atoms. The van der Waals surface area contributed by atoms with Crippen LogP contribution < -0.4 is 15.4 Å². The van der Waals surface area contributed by atoms with Gasteiger partial charge in [0.2, 0.25) is 0 Å². The number of likely N-dealkylation sites (N-methyl/N-ethyl adjacent to an activating group) is 1. The van der Waals surface area contributed by atoms with Gasteiger partial charge >= 0.3 is 6.03 Å². The summed E-state index contributed by atoms with van der Waals surface area (Å²) >= 11 is 0. The maximum absolute atomic E-state index is 12.1. The predicted octanol–water partition coefficient (Wildman–Crippen LogP) is 2.99. The van der Waals surface area contributed by atoms with E-state index in [4.69, 9.17) is 10.00 Å². The SMILES string of the molecule is COc1ccc(C(CNC(=O)Nc2ccc(C#N)cc2)N(C)C)cc1. The molecule has 0 fully saturated rings. The molecule has 0 aromatic heterocycles. The first-order chi connectivity index (χ1) is 12.0. The van der Waals surface area contributed by atoms with Crippen LogP contribution in [0.25, 0.3) is 0 Å². The van der Waals surface area contributed by atoms with Gasteiger partial charge in [0.25, 0.3) is 0 Å². The summed E-state index contributed by atoms with van der Waals surface area (Å²) in [6.45, 7) is 0.460. The lowest BCUT2D eigenvalue weighted by Crippen LogP contribution is -2.36. The van der Waals surface area contributed by atoms with Gasteiger partial charge in [-0.3, -0.25) is 0 Å². The Hall–Kier alpha value is -3.04. The van der Waals surface area contributed by atoms with Crippen molar-refractivity contribution in [2.24, 2.45) is 0 Å². The third-order valence-electron chi connectivity index (χ3n) is 3.85. The average Bonchev–Trinajstić information content (AvgIpc) is 2.62. The van der Waals surface area contributed by atoms with Gasteiger partial charge in [0, 0.05) is 12.2 Å². The van der Waals surface area contributed by atoms with Crippen LogP contribution in [-0.2, 0) is 0 Å². The molecule has 2 N–H and O–H groups in total. The van der Waals surface area contributed by atoms with Crippen molar-refractivity contribution < 1.29 is 9.53 Å². The van der Waals surface area contributed by atoms with E-state index in [0.717, 1.165) is 11.3 Å². The minimum atomic E-state index is -0.287. The normalized spacial score (nSPS) is 11.5. The fraction of sp³-hybridized carbons (Fsp3) is 0.263. The molecule has 1 atom stereocenters. The molecule has 0 aliphatic rings. The Bertz CT molecular complexity index is 734. The van der Waals surface area contributed by atoms with Crippen LogP contribution in [-0.4, -0.2) is 38.7 Å². The smallest absolute Gasteiger partial charge is 0.319 e. The van der Waals surface area contributed by atoms with Crippen molar-refractivity contribution in [1.82, 2.24) is 10.2 Å². The van der Waals surface area contributed by atoms with Gasteiger partial charge in [-0.25, -0.2) is 4.79 Å². The minimum absolute atomic E-state index is 0.0395. The zero-order chi connectivity index (χ0) is 18.2. The van der Waals surface area contributed by atoms with Crippen LogP contribution in [0.15, 0.2) is 48.5 Å². The van der Waals surface area contributed by atoms with Crippen molar-refractivity contribution in [2.75, 3.05) is 33.1 Å². The number of methoxy groups -OCH3 is 1. The van der Waals surface area contributed by atoms with Crippen LogP contribution in [0.1, 0.15) is 17.2 Å². The van der Waals surface area contributed by atoms with Crippen molar-refractivity contribution in [1.29, 1.82) is 5.26 Å². The van der Waals surface area contributed by atoms with Crippen molar-refractivity contribution in [2.45, 2.75) is 6.04 Å². The number of carbonyl (C=O) groups excluding carboxylic acids is 1. The molecule has 6 heteroatoms. The molecule has 0 radical (unpaired) electrons. The van der Waals surface area contributed by atoms with Crippen LogP contribution >= 0.6 is 0 Å². The number of hydrogen-bond acceptors (Lipinski definition) is 4. The van der Waals surface area contributed by atoms with E-state index in [1.54, 1.807) is 31.4 Å². The summed E-state index contributed by atoms with van der Waals surface area (Å²) in [5, 5.41) is 14.4. The van der Waals surface area contributed by atoms with Crippen molar-refractivity contribution >= 4 is 11.7 Å². The summed E-state index contributed by atoms with van der Waals surface area (Å²) in [6, 6.07) is 16.3. The van der Waals surface area contributed by atoms with Gasteiger partial charge in [0.05, 0.1) is 24.8 Å². The summed E-state index contributed by atoms with van der Waals surface area (Å²) in [6.07, 6.45) is 0. The minimum Gasteiger partial charge on any atom is -0.497 e. The highest BCUT2D eigenvalue weighted by molar-refractivity contribution is 5.89. The molecule has 2 aromatic carbocycles. The van der Waals surface area contributed by atoms with E-state index in [-0.39, 0.29) is 12.1 Å². The molecule has 0 spiro atoms. The molecule has 0 saturated carbocycles. The topological polar surface area (TPSA) is 77.4 Å². The molecule has 0 aliphatic carbocycles. The molecule has 0 saturated heterocycles. The highest BCUT2D eigenvalue weighted by atomic mass is 16.5. The molecule has 0 bridgehead atoms.